The third-order valence-corrected chi connectivity index (χ3v) is 5.76. The Morgan fingerprint density at radius 2 is 1.73 bits per heavy atom. The molecule has 30 heavy (non-hydrogen) atoms. The predicted octanol–water partition coefficient (Wildman–Crippen LogP) is 3.13. The van der Waals surface area contributed by atoms with E-state index in [-0.39, 0.29) is 29.4 Å². The maximum absolute atomic E-state index is 12.9. The van der Waals surface area contributed by atoms with Gasteiger partial charge in [0.05, 0.1) is 23.3 Å². The van der Waals surface area contributed by atoms with Crippen molar-refractivity contribution in [2.75, 3.05) is 22.0 Å². The first kappa shape index (κ1) is 23.7. The molecule has 0 fully saturated rings. The molecule has 0 aromatic heterocycles. The molecule has 0 radical (unpaired) electrons. The number of sulfonamides is 1. The maximum Gasteiger partial charge on any atom is 0.234 e. The second-order valence-electron chi connectivity index (χ2n) is 6.74. The molecule has 0 saturated carbocycles. The lowest BCUT2D eigenvalue weighted by molar-refractivity contribution is -0.120. The molecule has 2 atom stereocenters. The molecule has 2 aromatic carbocycles. The average molecular weight is 454 g/mol. The van der Waals surface area contributed by atoms with E-state index in [1.807, 2.05) is 0 Å². The second-order valence-corrected chi connectivity index (χ2v) is 9.82. The minimum atomic E-state index is -3.39. The van der Waals surface area contributed by atoms with Gasteiger partial charge in [-0.1, -0.05) is 12.1 Å². The molecule has 2 rings (SSSR count). The number of benzene rings is 2. The zero-order valence-electron chi connectivity index (χ0n) is 16.8. The Hall–Kier alpha value is -2.59. The van der Waals surface area contributed by atoms with Crippen LogP contribution in [0.25, 0.3) is 0 Å². The molecule has 0 aliphatic carbocycles. The molecule has 0 heterocycles. The van der Waals surface area contributed by atoms with Crippen molar-refractivity contribution in [3.63, 3.8) is 0 Å². The SMILES string of the molecule is CC(SCC(=O)Nc1ccc(F)cc1)C(=O)NC(C)c1cccc(NS(C)(=O)=O)c1. The molecule has 0 saturated heterocycles. The number of thioether (sulfide) groups is 1. The van der Waals surface area contributed by atoms with Crippen LogP contribution in [0.4, 0.5) is 15.8 Å². The van der Waals surface area contributed by atoms with Crippen molar-refractivity contribution in [1.82, 2.24) is 5.32 Å². The van der Waals surface area contributed by atoms with Crippen molar-refractivity contribution in [3.8, 4) is 0 Å². The van der Waals surface area contributed by atoms with Crippen LogP contribution < -0.4 is 15.4 Å². The van der Waals surface area contributed by atoms with Crippen LogP contribution in [0.5, 0.6) is 0 Å². The highest BCUT2D eigenvalue weighted by Crippen LogP contribution is 2.20. The highest BCUT2D eigenvalue weighted by Gasteiger charge is 2.18. The van der Waals surface area contributed by atoms with Crippen molar-refractivity contribution in [2.24, 2.45) is 0 Å². The van der Waals surface area contributed by atoms with Crippen LogP contribution in [-0.2, 0) is 19.6 Å². The average Bonchev–Trinajstić information content (AvgIpc) is 2.66. The van der Waals surface area contributed by atoms with Crippen LogP contribution in [0.15, 0.2) is 48.5 Å². The van der Waals surface area contributed by atoms with Gasteiger partial charge in [-0.25, -0.2) is 12.8 Å². The summed E-state index contributed by atoms with van der Waals surface area (Å²) in [7, 11) is -3.39. The van der Waals surface area contributed by atoms with E-state index >= 15 is 0 Å². The van der Waals surface area contributed by atoms with Gasteiger partial charge in [0, 0.05) is 11.4 Å². The number of carbonyl (C=O) groups excluding carboxylic acids is 2. The smallest absolute Gasteiger partial charge is 0.234 e. The number of anilines is 2. The molecule has 3 N–H and O–H groups in total. The fourth-order valence-corrected chi connectivity index (χ4v) is 3.75. The van der Waals surface area contributed by atoms with Gasteiger partial charge in [0.1, 0.15) is 5.82 Å². The van der Waals surface area contributed by atoms with E-state index in [0.29, 0.717) is 11.4 Å². The number of amides is 2. The van der Waals surface area contributed by atoms with Crippen LogP contribution in [0, 0.1) is 5.82 Å². The highest BCUT2D eigenvalue weighted by atomic mass is 32.2. The van der Waals surface area contributed by atoms with Crippen molar-refractivity contribution in [3.05, 3.63) is 59.9 Å². The van der Waals surface area contributed by atoms with Gasteiger partial charge in [-0.05, 0) is 55.8 Å². The molecule has 0 aliphatic rings. The van der Waals surface area contributed by atoms with Gasteiger partial charge in [-0.2, -0.15) is 0 Å². The van der Waals surface area contributed by atoms with Gasteiger partial charge < -0.3 is 10.6 Å². The minimum Gasteiger partial charge on any atom is -0.349 e. The van der Waals surface area contributed by atoms with E-state index in [4.69, 9.17) is 0 Å². The van der Waals surface area contributed by atoms with Crippen molar-refractivity contribution in [1.29, 1.82) is 0 Å². The Morgan fingerprint density at radius 1 is 1.07 bits per heavy atom. The van der Waals surface area contributed by atoms with Crippen molar-refractivity contribution >= 4 is 45.0 Å². The Balaban J connectivity index is 1.85. The maximum atomic E-state index is 12.9. The number of nitrogens with one attached hydrogen (secondary N) is 3. The number of carbonyl (C=O) groups is 2. The molecule has 2 aromatic rings. The quantitative estimate of drug-likeness (QED) is 0.541. The van der Waals surface area contributed by atoms with Crippen LogP contribution in [0.2, 0.25) is 0 Å². The largest absolute Gasteiger partial charge is 0.349 e. The Bertz CT molecular complexity index is 997. The van der Waals surface area contributed by atoms with Crippen LogP contribution in [0.3, 0.4) is 0 Å². The topological polar surface area (TPSA) is 104 Å². The lowest BCUT2D eigenvalue weighted by atomic mass is 10.1. The third-order valence-electron chi connectivity index (χ3n) is 4.01. The van der Waals surface area contributed by atoms with E-state index in [1.165, 1.54) is 36.0 Å². The highest BCUT2D eigenvalue weighted by molar-refractivity contribution is 8.01. The third kappa shape index (κ3) is 8.03. The normalized spacial score (nSPS) is 13.2. The number of hydrogen-bond donors (Lipinski definition) is 3. The van der Waals surface area contributed by atoms with E-state index in [0.717, 1.165) is 11.8 Å². The molecule has 0 bridgehead atoms. The lowest BCUT2D eigenvalue weighted by Gasteiger charge is -2.18. The molecular weight excluding hydrogens is 429 g/mol. The first-order valence-electron chi connectivity index (χ1n) is 9.08. The summed E-state index contributed by atoms with van der Waals surface area (Å²) >= 11 is 1.17. The summed E-state index contributed by atoms with van der Waals surface area (Å²) in [6.45, 7) is 3.48. The van der Waals surface area contributed by atoms with Crippen LogP contribution in [0.1, 0.15) is 25.5 Å². The zero-order valence-corrected chi connectivity index (χ0v) is 18.4. The molecular formula is C20H24FN3O4S2. The first-order chi connectivity index (χ1) is 14.0. The van der Waals surface area contributed by atoms with Gasteiger partial charge in [-0.15, -0.1) is 11.8 Å². The predicted molar refractivity (Wildman–Crippen MR) is 118 cm³/mol. The first-order valence-corrected chi connectivity index (χ1v) is 12.0. The van der Waals surface area contributed by atoms with Gasteiger partial charge in [-0.3, -0.25) is 14.3 Å². The van der Waals surface area contributed by atoms with E-state index in [1.54, 1.807) is 38.1 Å². The molecule has 7 nitrogen and oxygen atoms in total. The summed E-state index contributed by atoms with van der Waals surface area (Å²) in [5, 5.41) is 5.01. The van der Waals surface area contributed by atoms with E-state index in [9.17, 15) is 22.4 Å². The van der Waals surface area contributed by atoms with Crippen molar-refractivity contribution in [2.45, 2.75) is 25.1 Å². The van der Waals surface area contributed by atoms with Crippen LogP contribution in [-0.4, -0.2) is 37.5 Å². The number of hydrogen-bond acceptors (Lipinski definition) is 5. The van der Waals surface area contributed by atoms with Crippen LogP contribution >= 0.6 is 11.8 Å². The Kier molecular flexibility index (Phi) is 8.24. The summed E-state index contributed by atoms with van der Waals surface area (Å²) in [5.41, 5.74) is 1.63. The zero-order chi connectivity index (χ0) is 22.3. The number of halogens is 1. The monoisotopic (exact) mass is 453 g/mol. The second kappa shape index (κ2) is 10.4. The summed E-state index contributed by atoms with van der Waals surface area (Å²) in [4.78, 5) is 24.4. The molecule has 162 valence electrons. The summed E-state index contributed by atoms with van der Waals surface area (Å²) < 4.78 is 38.0. The lowest BCUT2D eigenvalue weighted by Crippen LogP contribution is -2.34. The number of rotatable bonds is 9. The minimum absolute atomic E-state index is 0.0636. The standard InChI is InChI=1S/C20H24FN3O4S2/c1-13(15-5-4-6-18(11-15)24-30(3,27)28)22-20(26)14(2)29-12-19(25)23-17-9-7-16(21)8-10-17/h4-11,13-14,24H,12H2,1-3H3,(H,22,26)(H,23,25). The summed E-state index contributed by atoms with van der Waals surface area (Å²) in [5.74, 6) is -0.865. The van der Waals surface area contributed by atoms with Gasteiger partial charge in [0.25, 0.3) is 0 Å². The fraction of sp³-hybridized carbons (Fsp3) is 0.300. The van der Waals surface area contributed by atoms with Gasteiger partial charge in [0.15, 0.2) is 0 Å². The summed E-state index contributed by atoms with van der Waals surface area (Å²) in [6, 6.07) is 11.8. The van der Waals surface area contributed by atoms with E-state index < -0.39 is 15.3 Å². The summed E-state index contributed by atoms with van der Waals surface area (Å²) in [6.07, 6.45) is 1.07. The molecule has 2 unspecified atom stereocenters. The van der Waals surface area contributed by atoms with Gasteiger partial charge >= 0.3 is 0 Å². The Labute approximate surface area is 179 Å². The van der Waals surface area contributed by atoms with E-state index in [2.05, 4.69) is 15.4 Å². The van der Waals surface area contributed by atoms with Gasteiger partial charge in [0.2, 0.25) is 21.8 Å². The molecule has 0 spiro atoms. The van der Waals surface area contributed by atoms with Crippen molar-refractivity contribution < 1.29 is 22.4 Å². The molecule has 0 aliphatic heterocycles. The molecule has 2 amide bonds. The molecule has 10 heteroatoms. The Morgan fingerprint density at radius 3 is 2.37 bits per heavy atom. The fourth-order valence-electron chi connectivity index (χ4n) is 2.51.